The second-order valence-electron chi connectivity index (χ2n) is 5.78. The van der Waals surface area contributed by atoms with Crippen molar-refractivity contribution < 1.29 is 17.6 Å². The van der Waals surface area contributed by atoms with E-state index in [0.29, 0.717) is 11.7 Å². The van der Waals surface area contributed by atoms with Gasteiger partial charge in [-0.3, -0.25) is 4.79 Å². The highest BCUT2D eigenvalue weighted by molar-refractivity contribution is 7.99. The van der Waals surface area contributed by atoms with Crippen LogP contribution in [0.5, 0.6) is 0 Å². The number of aromatic nitrogens is 4. The Morgan fingerprint density at radius 2 is 1.93 bits per heavy atom. The number of hydrogen-bond acceptors (Lipinski definition) is 7. The zero-order chi connectivity index (χ0) is 19.4. The predicted octanol–water partition coefficient (Wildman–Crippen LogP) is 0.457. The lowest BCUT2D eigenvalue weighted by Gasteiger charge is -2.34. The third-order valence-corrected chi connectivity index (χ3v) is 7.04. The molecule has 9 nitrogen and oxygen atoms in total. The van der Waals surface area contributed by atoms with Gasteiger partial charge in [-0.05, 0) is 29.5 Å². The molecular weight excluding hydrogens is 395 g/mol. The fourth-order valence-corrected chi connectivity index (χ4v) is 5.02. The first kappa shape index (κ1) is 19.7. The smallest absolute Gasteiger partial charge is 0.246 e. The molecule has 3 rings (SSSR count). The molecule has 0 aliphatic carbocycles. The molecule has 2 aromatic rings. The van der Waals surface area contributed by atoms with Crippen LogP contribution in [0, 0.1) is 5.82 Å². The number of aryl methyl sites for hydroxylation is 1. The summed E-state index contributed by atoms with van der Waals surface area (Å²) in [5.74, 6) is -0.727. The Labute approximate surface area is 160 Å². The number of rotatable bonds is 6. The largest absolute Gasteiger partial charge is 0.339 e. The Morgan fingerprint density at radius 3 is 2.59 bits per heavy atom. The third kappa shape index (κ3) is 4.28. The molecular formula is C15H19FN6O3S2. The van der Waals surface area contributed by atoms with Crippen molar-refractivity contribution in [3.05, 3.63) is 30.1 Å². The SMILES string of the molecule is CCn1nnnc1SCC(=O)N1CCN(S(=O)(=O)c2ccccc2F)CC1. The average Bonchev–Trinajstić information content (AvgIpc) is 3.14. The van der Waals surface area contributed by atoms with Crippen molar-refractivity contribution in [3.8, 4) is 0 Å². The van der Waals surface area contributed by atoms with E-state index in [1.165, 1.54) is 34.3 Å². The van der Waals surface area contributed by atoms with E-state index in [0.717, 1.165) is 6.07 Å². The lowest BCUT2D eigenvalue weighted by atomic mass is 10.3. The zero-order valence-corrected chi connectivity index (χ0v) is 16.3. The summed E-state index contributed by atoms with van der Waals surface area (Å²) in [4.78, 5) is 13.6. The molecule has 0 spiro atoms. The number of halogens is 1. The molecule has 2 heterocycles. The molecule has 1 fully saturated rings. The fourth-order valence-electron chi connectivity index (χ4n) is 2.69. The minimum atomic E-state index is -3.91. The number of hydrogen-bond donors (Lipinski definition) is 0. The first-order valence-electron chi connectivity index (χ1n) is 8.35. The van der Waals surface area contributed by atoms with E-state index in [2.05, 4.69) is 15.5 Å². The third-order valence-electron chi connectivity index (χ3n) is 4.17. The zero-order valence-electron chi connectivity index (χ0n) is 14.7. The van der Waals surface area contributed by atoms with Crippen molar-refractivity contribution in [2.24, 2.45) is 0 Å². The number of tetrazole rings is 1. The van der Waals surface area contributed by atoms with Gasteiger partial charge in [0.25, 0.3) is 0 Å². The second-order valence-corrected chi connectivity index (χ2v) is 8.63. The predicted molar refractivity (Wildman–Crippen MR) is 96.0 cm³/mol. The molecule has 1 aliphatic heterocycles. The number of piperazine rings is 1. The molecule has 0 unspecified atom stereocenters. The highest BCUT2D eigenvalue weighted by Crippen LogP contribution is 2.21. The summed E-state index contributed by atoms with van der Waals surface area (Å²) < 4.78 is 41.8. The lowest BCUT2D eigenvalue weighted by molar-refractivity contribution is -0.129. The van der Waals surface area contributed by atoms with E-state index in [9.17, 15) is 17.6 Å². The van der Waals surface area contributed by atoms with Crippen LogP contribution in [0.2, 0.25) is 0 Å². The number of benzene rings is 1. The number of thioether (sulfide) groups is 1. The van der Waals surface area contributed by atoms with Gasteiger partial charge in [0.05, 0.1) is 5.75 Å². The Hall–Kier alpha value is -2.05. The van der Waals surface area contributed by atoms with Crippen LogP contribution in [0.25, 0.3) is 0 Å². The molecule has 1 aliphatic rings. The van der Waals surface area contributed by atoms with Crippen molar-refractivity contribution in [2.45, 2.75) is 23.5 Å². The Balaban J connectivity index is 1.57. The first-order valence-corrected chi connectivity index (χ1v) is 10.8. The average molecular weight is 414 g/mol. The standard InChI is InChI=1S/C15H19FN6O3S2/c1-2-22-15(17-18-19-22)26-11-14(23)20-7-9-21(10-8-20)27(24,25)13-6-4-3-5-12(13)16/h3-6H,2,7-11H2,1H3. The summed E-state index contributed by atoms with van der Waals surface area (Å²) in [6.45, 7) is 3.27. The molecule has 0 atom stereocenters. The maximum atomic E-state index is 13.9. The number of sulfonamides is 1. The maximum Gasteiger partial charge on any atom is 0.246 e. The summed E-state index contributed by atoms with van der Waals surface area (Å²) in [5, 5.41) is 11.8. The van der Waals surface area contributed by atoms with E-state index in [1.54, 1.807) is 9.58 Å². The Morgan fingerprint density at radius 1 is 1.22 bits per heavy atom. The van der Waals surface area contributed by atoms with Crippen molar-refractivity contribution in [1.29, 1.82) is 0 Å². The molecule has 0 radical (unpaired) electrons. The van der Waals surface area contributed by atoms with Gasteiger partial charge in [-0.2, -0.15) is 4.31 Å². The summed E-state index contributed by atoms with van der Waals surface area (Å²) in [5.41, 5.74) is 0. The molecule has 1 amide bonds. The van der Waals surface area contributed by atoms with Crippen LogP contribution in [0.4, 0.5) is 4.39 Å². The summed E-state index contributed by atoms with van der Waals surface area (Å²) in [6.07, 6.45) is 0. The summed E-state index contributed by atoms with van der Waals surface area (Å²) >= 11 is 1.24. The van der Waals surface area contributed by atoms with Gasteiger partial charge in [-0.15, -0.1) is 5.10 Å². The molecule has 0 bridgehead atoms. The topological polar surface area (TPSA) is 101 Å². The first-order chi connectivity index (χ1) is 12.9. The Bertz CT molecular complexity index is 912. The van der Waals surface area contributed by atoms with Crippen LogP contribution in [0.1, 0.15) is 6.92 Å². The van der Waals surface area contributed by atoms with Gasteiger partial charge in [-0.1, -0.05) is 23.9 Å². The second kappa shape index (κ2) is 8.31. The van der Waals surface area contributed by atoms with Crippen LogP contribution >= 0.6 is 11.8 Å². The van der Waals surface area contributed by atoms with Crippen LogP contribution in [0.3, 0.4) is 0 Å². The fraction of sp³-hybridized carbons (Fsp3) is 0.467. The van der Waals surface area contributed by atoms with Crippen LogP contribution in [0.15, 0.2) is 34.3 Å². The van der Waals surface area contributed by atoms with Gasteiger partial charge >= 0.3 is 0 Å². The minimum absolute atomic E-state index is 0.117. The molecule has 0 saturated carbocycles. The van der Waals surface area contributed by atoms with Crippen molar-refractivity contribution in [1.82, 2.24) is 29.4 Å². The van der Waals surface area contributed by atoms with Gasteiger partial charge < -0.3 is 4.90 Å². The van der Waals surface area contributed by atoms with E-state index < -0.39 is 15.8 Å². The number of nitrogens with zero attached hydrogens (tertiary/aromatic N) is 6. The minimum Gasteiger partial charge on any atom is -0.339 e. The Kier molecular flexibility index (Phi) is 6.07. The van der Waals surface area contributed by atoms with Gasteiger partial charge in [0.1, 0.15) is 10.7 Å². The van der Waals surface area contributed by atoms with Crippen molar-refractivity contribution >= 4 is 27.7 Å². The van der Waals surface area contributed by atoms with E-state index in [4.69, 9.17) is 0 Å². The van der Waals surface area contributed by atoms with Crippen LogP contribution in [-0.2, 0) is 21.4 Å². The molecule has 12 heteroatoms. The van der Waals surface area contributed by atoms with Gasteiger partial charge in [-0.25, -0.2) is 17.5 Å². The number of amides is 1. The molecule has 0 N–H and O–H groups in total. The number of carbonyl (C=O) groups excluding carboxylic acids is 1. The quantitative estimate of drug-likeness (QED) is 0.633. The van der Waals surface area contributed by atoms with Gasteiger partial charge in [0.2, 0.25) is 21.1 Å². The van der Waals surface area contributed by atoms with Crippen LogP contribution < -0.4 is 0 Å². The molecule has 27 heavy (non-hydrogen) atoms. The van der Waals surface area contributed by atoms with Crippen molar-refractivity contribution in [2.75, 3.05) is 31.9 Å². The molecule has 1 aromatic carbocycles. The normalized spacial score (nSPS) is 15.9. The molecule has 146 valence electrons. The highest BCUT2D eigenvalue weighted by Gasteiger charge is 2.31. The maximum absolute atomic E-state index is 13.9. The molecule has 1 saturated heterocycles. The molecule has 1 aromatic heterocycles. The summed E-state index contributed by atoms with van der Waals surface area (Å²) in [6, 6.07) is 5.29. The van der Waals surface area contributed by atoms with Crippen molar-refractivity contribution in [3.63, 3.8) is 0 Å². The lowest BCUT2D eigenvalue weighted by Crippen LogP contribution is -2.51. The van der Waals surface area contributed by atoms with E-state index >= 15 is 0 Å². The van der Waals surface area contributed by atoms with E-state index in [-0.39, 0.29) is 42.7 Å². The highest BCUT2D eigenvalue weighted by atomic mass is 32.2. The van der Waals surface area contributed by atoms with Gasteiger partial charge in [0.15, 0.2) is 0 Å². The van der Waals surface area contributed by atoms with Crippen LogP contribution in [-0.4, -0.2) is 75.7 Å². The number of carbonyl (C=O) groups is 1. The van der Waals surface area contributed by atoms with Gasteiger partial charge in [0, 0.05) is 32.7 Å². The monoisotopic (exact) mass is 414 g/mol. The van der Waals surface area contributed by atoms with E-state index in [1.807, 2.05) is 6.92 Å². The summed E-state index contributed by atoms with van der Waals surface area (Å²) in [7, 11) is -3.91.